The summed E-state index contributed by atoms with van der Waals surface area (Å²) in [5, 5.41) is 12.7. The molecular formula is C25H26N6O3. The number of nitriles is 1. The summed E-state index contributed by atoms with van der Waals surface area (Å²) in [7, 11) is 0. The Bertz CT molecular complexity index is 1290. The van der Waals surface area contributed by atoms with E-state index < -0.39 is 5.41 Å². The fourth-order valence-corrected chi connectivity index (χ4v) is 3.58. The lowest BCUT2D eigenvalue weighted by Gasteiger charge is -2.26. The normalized spacial score (nSPS) is 14.6. The van der Waals surface area contributed by atoms with Crippen LogP contribution < -0.4 is 5.32 Å². The van der Waals surface area contributed by atoms with Gasteiger partial charge in [-0.1, -0.05) is 32.9 Å². The van der Waals surface area contributed by atoms with Crippen molar-refractivity contribution < 1.29 is 14.3 Å². The number of carbonyl (C=O) groups is 2. The van der Waals surface area contributed by atoms with Crippen LogP contribution in [0.15, 0.2) is 42.2 Å². The Morgan fingerprint density at radius 3 is 2.56 bits per heavy atom. The largest absolute Gasteiger partial charge is 0.378 e. The maximum absolute atomic E-state index is 12.7. The number of fused-ring (bicyclic) bond motifs is 1. The zero-order valence-electron chi connectivity index (χ0n) is 19.4. The molecule has 1 fully saturated rings. The average Bonchev–Trinajstić information content (AvgIpc) is 3.25. The van der Waals surface area contributed by atoms with Gasteiger partial charge in [-0.2, -0.15) is 5.26 Å². The zero-order valence-corrected chi connectivity index (χ0v) is 19.4. The van der Waals surface area contributed by atoms with Gasteiger partial charge in [-0.25, -0.2) is 9.97 Å². The molecule has 1 amide bonds. The molecule has 0 aliphatic carbocycles. The van der Waals surface area contributed by atoms with Crippen LogP contribution in [0.4, 0.5) is 11.5 Å². The minimum absolute atomic E-state index is 0.0127. The molecule has 1 aliphatic heterocycles. The molecule has 1 aromatic carbocycles. The van der Waals surface area contributed by atoms with E-state index in [1.165, 1.54) is 0 Å². The fourth-order valence-electron chi connectivity index (χ4n) is 3.58. The minimum atomic E-state index is -0.533. The standard InChI is InChI=1S/C25H26N6O3/c1-25(2,3)22(32)19-14-27-23-21(19)30-20(15-28-23)29-18-6-4-16(5-7-18)12-17(13-26)24(33)31-8-10-34-11-9-31/h4-7,12,14-15H,8-11H2,1-3H3,(H,27,28)(H,29,30)/b17-12+. The van der Waals surface area contributed by atoms with E-state index in [2.05, 4.69) is 20.3 Å². The number of nitrogens with one attached hydrogen (secondary N) is 2. The van der Waals surface area contributed by atoms with Crippen molar-refractivity contribution in [2.45, 2.75) is 20.8 Å². The number of Topliss-reactive ketones (excluding diaryl/α,β-unsaturated/α-hetero) is 1. The van der Waals surface area contributed by atoms with Gasteiger partial charge in [0, 0.05) is 30.4 Å². The van der Waals surface area contributed by atoms with E-state index in [0.29, 0.717) is 48.8 Å². The number of anilines is 2. The van der Waals surface area contributed by atoms with Gasteiger partial charge in [0.15, 0.2) is 11.4 Å². The summed E-state index contributed by atoms with van der Waals surface area (Å²) in [6.45, 7) is 7.53. The summed E-state index contributed by atoms with van der Waals surface area (Å²) in [5.41, 5.74) is 2.61. The van der Waals surface area contributed by atoms with Crippen molar-refractivity contribution in [3.8, 4) is 6.07 Å². The second-order valence-corrected chi connectivity index (χ2v) is 9.06. The number of ether oxygens (including phenoxy) is 1. The summed E-state index contributed by atoms with van der Waals surface area (Å²) in [5.74, 6) is 0.198. The predicted molar refractivity (Wildman–Crippen MR) is 128 cm³/mol. The predicted octanol–water partition coefficient (Wildman–Crippen LogP) is 3.70. The first-order valence-electron chi connectivity index (χ1n) is 11.0. The first-order valence-corrected chi connectivity index (χ1v) is 11.0. The van der Waals surface area contributed by atoms with E-state index in [0.717, 1.165) is 11.3 Å². The Morgan fingerprint density at radius 2 is 1.91 bits per heavy atom. The highest BCUT2D eigenvalue weighted by molar-refractivity contribution is 6.08. The van der Waals surface area contributed by atoms with Gasteiger partial charge < -0.3 is 19.9 Å². The molecule has 9 nitrogen and oxygen atoms in total. The molecule has 0 spiro atoms. The summed E-state index contributed by atoms with van der Waals surface area (Å²) >= 11 is 0. The molecule has 1 saturated heterocycles. The molecule has 3 aromatic rings. The van der Waals surface area contributed by atoms with Crippen LogP contribution in [0.3, 0.4) is 0 Å². The van der Waals surface area contributed by atoms with Crippen LogP contribution in [0.5, 0.6) is 0 Å². The molecule has 4 rings (SSSR count). The summed E-state index contributed by atoms with van der Waals surface area (Å²) < 4.78 is 5.26. The highest BCUT2D eigenvalue weighted by atomic mass is 16.5. The van der Waals surface area contributed by atoms with Crippen LogP contribution in [0, 0.1) is 16.7 Å². The number of amides is 1. The lowest BCUT2D eigenvalue weighted by molar-refractivity contribution is -0.130. The van der Waals surface area contributed by atoms with Crippen LogP contribution in [0.1, 0.15) is 36.7 Å². The van der Waals surface area contributed by atoms with Gasteiger partial charge >= 0.3 is 0 Å². The van der Waals surface area contributed by atoms with Gasteiger partial charge in [-0.15, -0.1) is 0 Å². The van der Waals surface area contributed by atoms with Crippen LogP contribution in [-0.2, 0) is 9.53 Å². The van der Waals surface area contributed by atoms with Crippen molar-refractivity contribution in [2.75, 3.05) is 31.6 Å². The molecule has 174 valence electrons. The van der Waals surface area contributed by atoms with E-state index in [1.54, 1.807) is 23.4 Å². The number of morpholine rings is 1. The first kappa shape index (κ1) is 23.1. The number of nitrogens with zero attached hydrogens (tertiary/aromatic N) is 4. The second kappa shape index (κ2) is 9.45. The molecule has 0 unspecified atom stereocenters. The Balaban J connectivity index is 1.51. The molecular weight excluding hydrogens is 432 g/mol. The number of hydrogen-bond donors (Lipinski definition) is 2. The summed E-state index contributed by atoms with van der Waals surface area (Å²) in [6.07, 6.45) is 4.82. The molecule has 9 heteroatoms. The molecule has 2 N–H and O–H groups in total. The third-order valence-electron chi connectivity index (χ3n) is 5.45. The number of carbonyl (C=O) groups excluding carboxylic acids is 2. The van der Waals surface area contributed by atoms with Crippen molar-refractivity contribution in [3.05, 3.63) is 53.4 Å². The van der Waals surface area contributed by atoms with Gasteiger partial charge in [0.05, 0.1) is 25.0 Å². The van der Waals surface area contributed by atoms with Crippen molar-refractivity contribution in [1.29, 1.82) is 5.26 Å². The number of ketones is 1. The Hall–Kier alpha value is -4.03. The topological polar surface area (TPSA) is 124 Å². The molecule has 34 heavy (non-hydrogen) atoms. The number of rotatable bonds is 5. The van der Waals surface area contributed by atoms with Crippen molar-refractivity contribution in [3.63, 3.8) is 0 Å². The number of H-pyrrole nitrogens is 1. The smallest absolute Gasteiger partial charge is 0.264 e. The maximum atomic E-state index is 12.7. The Morgan fingerprint density at radius 1 is 1.21 bits per heavy atom. The van der Waals surface area contributed by atoms with Gasteiger partial charge in [0.1, 0.15) is 23.0 Å². The van der Waals surface area contributed by atoms with Crippen molar-refractivity contribution in [1.82, 2.24) is 19.9 Å². The van der Waals surface area contributed by atoms with Gasteiger partial charge in [0.2, 0.25) is 0 Å². The quantitative estimate of drug-likeness (QED) is 0.339. The Labute approximate surface area is 197 Å². The molecule has 0 radical (unpaired) electrons. The molecule has 2 aromatic heterocycles. The van der Waals surface area contributed by atoms with Gasteiger partial charge in [0.25, 0.3) is 5.91 Å². The number of aromatic amines is 1. The highest BCUT2D eigenvalue weighted by Gasteiger charge is 2.26. The van der Waals surface area contributed by atoms with Crippen molar-refractivity contribution in [2.24, 2.45) is 5.41 Å². The van der Waals surface area contributed by atoms with Crippen molar-refractivity contribution >= 4 is 40.4 Å². The Kier molecular flexibility index (Phi) is 6.43. The summed E-state index contributed by atoms with van der Waals surface area (Å²) in [6, 6.07) is 9.27. The highest BCUT2D eigenvalue weighted by Crippen LogP contribution is 2.26. The van der Waals surface area contributed by atoms with Crippen LogP contribution in [0.25, 0.3) is 17.2 Å². The first-order chi connectivity index (χ1) is 16.3. The minimum Gasteiger partial charge on any atom is -0.378 e. The maximum Gasteiger partial charge on any atom is 0.264 e. The third-order valence-corrected chi connectivity index (χ3v) is 5.45. The number of benzene rings is 1. The van der Waals surface area contributed by atoms with Crippen LogP contribution in [0.2, 0.25) is 0 Å². The monoisotopic (exact) mass is 458 g/mol. The second-order valence-electron chi connectivity index (χ2n) is 9.06. The third kappa shape index (κ3) is 4.97. The molecule has 0 atom stereocenters. The van der Waals surface area contributed by atoms with Crippen LogP contribution in [-0.4, -0.2) is 57.8 Å². The van der Waals surface area contributed by atoms with E-state index in [-0.39, 0.29) is 17.3 Å². The summed E-state index contributed by atoms with van der Waals surface area (Å²) in [4.78, 5) is 38.9. The zero-order chi connectivity index (χ0) is 24.3. The van der Waals surface area contributed by atoms with E-state index >= 15 is 0 Å². The SMILES string of the molecule is CC(C)(C)C(=O)c1c[nH]c2ncc(Nc3ccc(/C=C(\C#N)C(=O)N4CCOCC4)cc3)nc12. The molecule has 0 saturated carbocycles. The lowest BCUT2D eigenvalue weighted by Crippen LogP contribution is -2.41. The number of aromatic nitrogens is 3. The van der Waals surface area contributed by atoms with E-state index in [1.807, 2.05) is 51.1 Å². The van der Waals surface area contributed by atoms with Gasteiger partial charge in [-0.05, 0) is 23.8 Å². The van der Waals surface area contributed by atoms with Crippen LogP contribution >= 0.6 is 0 Å². The van der Waals surface area contributed by atoms with E-state index in [4.69, 9.17) is 4.74 Å². The molecule has 3 heterocycles. The molecule has 0 bridgehead atoms. The lowest BCUT2D eigenvalue weighted by atomic mass is 9.87. The fraction of sp³-hybridized carbons (Fsp3) is 0.320. The average molecular weight is 459 g/mol. The van der Waals surface area contributed by atoms with E-state index in [9.17, 15) is 14.9 Å². The number of hydrogen-bond acceptors (Lipinski definition) is 7. The van der Waals surface area contributed by atoms with Gasteiger partial charge in [-0.3, -0.25) is 9.59 Å². The molecule has 1 aliphatic rings.